The summed E-state index contributed by atoms with van der Waals surface area (Å²) in [7, 11) is 0. The highest BCUT2D eigenvalue weighted by molar-refractivity contribution is 5.36. The van der Waals surface area contributed by atoms with Crippen LogP contribution in [0.3, 0.4) is 0 Å². The van der Waals surface area contributed by atoms with E-state index >= 15 is 0 Å². The maximum absolute atomic E-state index is 10.4. The van der Waals surface area contributed by atoms with E-state index in [0.717, 1.165) is 0 Å². The Hall–Kier alpha value is -1.62. The Morgan fingerprint density at radius 1 is 1.53 bits per heavy atom. The van der Waals surface area contributed by atoms with Crippen molar-refractivity contribution in [2.75, 3.05) is 13.2 Å². The van der Waals surface area contributed by atoms with Crippen LogP contribution < -0.4 is 4.74 Å². The molecule has 1 heterocycles. The minimum atomic E-state index is -0.435. The van der Waals surface area contributed by atoms with Crippen LogP contribution in [0.5, 0.6) is 5.75 Å². The van der Waals surface area contributed by atoms with Gasteiger partial charge in [0.25, 0.3) is 5.69 Å². The Balaban J connectivity index is 1.95. The largest absolute Gasteiger partial charge is 0.490 e. The maximum atomic E-state index is 10.4. The molecular formula is C10H11NO4. The van der Waals surface area contributed by atoms with E-state index in [4.69, 9.17) is 9.47 Å². The van der Waals surface area contributed by atoms with E-state index in [9.17, 15) is 10.1 Å². The highest BCUT2D eigenvalue weighted by Crippen LogP contribution is 2.27. The van der Waals surface area contributed by atoms with Gasteiger partial charge in [-0.1, -0.05) is 0 Å². The Labute approximate surface area is 86.8 Å². The van der Waals surface area contributed by atoms with Gasteiger partial charge in [-0.15, -0.1) is 0 Å². The predicted octanol–water partition coefficient (Wildman–Crippen LogP) is 1.76. The van der Waals surface area contributed by atoms with Crippen molar-refractivity contribution >= 4 is 5.69 Å². The minimum absolute atomic E-state index is 0.0660. The van der Waals surface area contributed by atoms with Crippen LogP contribution in [0.25, 0.3) is 0 Å². The van der Waals surface area contributed by atoms with Gasteiger partial charge in [-0.3, -0.25) is 10.1 Å². The van der Waals surface area contributed by atoms with Crippen LogP contribution in [0, 0.1) is 10.1 Å². The van der Waals surface area contributed by atoms with E-state index in [0.29, 0.717) is 19.0 Å². The Morgan fingerprint density at radius 3 is 2.60 bits per heavy atom. The lowest BCUT2D eigenvalue weighted by molar-refractivity contribution is -0.384. The van der Waals surface area contributed by atoms with Gasteiger partial charge in [0.1, 0.15) is 18.0 Å². The normalized spacial score (nSPS) is 23.5. The first kappa shape index (κ1) is 9.92. The SMILES string of the molecule is CC1(COc2ccc([N+](=O)[O-])cc2)CO1. The lowest BCUT2D eigenvalue weighted by Crippen LogP contribution is -2.16. The molecule has 5 nitrogen and oxygen atoms in total. The standard InChI is InChI=1S/C10H11NO4/c1-10(7-15-10)6-14-9-4-2-8(3-5-9)11(12)13/h2-5H,6-7H2,1H3. The van der Waals surface area contributed by atoms with Crippen LogP contribution in [-0.4, -0.2) is 23.7 Å². The van der Waals surface area contributed by atoms with Gasteiger partial charge in [-0.25, -0.2) is 0 Å². The molecule has 2 rings (SSSR count). The maximum Gasteiger partial charge on any atom is 0.269 e. The number of benzene rings is 1. The zero-order chi connectivity index (χ0) is 10.9. The molecule has 0 spiro atoms. The summed E-state index contributed by atoms with van der Waals surface area (Å²) in [4.78, 5) is 9.95. The molecule has 1 aromatic rings. The molecule has 0 saturated carbocycles. The summed E-state index contributed by atoms with van der Waals surface area (Å²) in [6.07, 6.45) is 0. The molecule has 0 bridgehead atoms. The molecule has 0 radical (unpaired) electrons. The number of nitro benzene ring substituents is 1. The summed E-state index contributed by atoms with van der Waals surface area (Å²) in [5.41, 5.74) is -0.0989. The first-order valence-electron chi connectivity index (χ1n) is 4.60. The van der Waals surface area contributed by atoms with E-state index in [1.54, 1.807) is 12.1 Å². The van der Waals surface area contributed by atoms with Gasteiger partial charge in [0.05, 0.1) is 11.5 Å². The third-order valence-corrected chi connectivity index (χ3v) is 2.23. The highest BCUT2D eigenvalue weighted by Gasteiger charge is 2.40. The molecule has 15 heavy (non-hydrogen) atoms. The molecular weight excluding hydrogens is 198 g/mol. The van der Waals surface area contributed by atoms with Gasteiger partial charge in [-0.05, 0) is 19.1 Å². The van der Waals surface area contributed by atoms with Gasteiger partial charge >= 0.3 is 0 Å². The molecule has 1 aliphatic heterocycles. The third-order valence-electron chi connectivity index (χ3n) is 2.23. The number of nitrogens with zero attached hydrogens (tertiary/aromatic N) is 1. The molecule has 1 aliphatic rings. The number of ether oxygens (including phenoxy) is 2. The molecule has 80 valence electrons. The number of hydrogen-bond acceptors (Lipinski definition) is 4. The summed E-state index contributed by atoms with van der Waals surface area (Å²) in [6.45, 7) is 3.14. The van der Waals surface area contributed by atoms with Crippen LogP contribution in [0.4, 0.5) is 5.69 Å². The van der Waals surface area contributed by atoms with Crippen molar-refractivity contribution in [2.45, 2.75) is 12.5 Å². The first-order valence-corrected chi connectivity index (χ1v) is 4.60. The fraction of sp³-hybridized carbons (Fsp3) is 0.400. The summed E-state index contributed by atoms with van der Waals surface area (Å²) in [5, 5.41) is 10.4. The van der Waals surface area contributed by atoms with Crippen molar-refractivity contribution in [2.24, 2.45) is 0 Å². The second-order valence-corrected chi connectivity index (χ2v) is 3.78. The average Bonchev–Trinajstić information content (AvgIpc) is 2.95. The Kier molecular flexibility index (Phi) is 2.32. The third kappa shape index (κ3) is 2.44. The lowest BCUT2D eigenvalue weighted by Gasteiger charge is -2.07. The molecule has 0 aromatic heterocycles. The van der Waals surface area contributed by atoms with Crippen molar-refractivity contribution < 1.29 is 14.4 Å². The predicted molar refractivity (Wildman–Crippen MR) is 52.9 cm³/mol. The second-order valence-electron chi connectivity index (χ2n) is 3.78. The van der Waals surface area contributed by atoms with Crippen LogP contribution in [0.1, 0.15) is 6.92 Å². The van der Waals surface area contributed by atoms with Crippen LogP contribution in [0.2, 0.25) is 0 Å². The van der Waals surface area contributed by atoms with E-state index in [-0.39, 0.29) is 11.3 Å². The van der Waals surface area contributed by atoms with E-state index < -0.39 is 4.92 Å². The summed E-state index contributed by atoms with van der Waals surface area (Å²) >= 11 is 0. The Bertz CT molecular complexity index is 370. The number of epoxide rings is 1. The topological polar surface area (TPSA) is 64.9 Å². The van der Waals surface area contributed by atoms with Gasteiger partial charge in [-0.2, -0.15) is 0 Å². The van der Waals surface area contributed by atoms with Crippen LogP contribution >= 0.6 is 0 Å². The van der Waals surface area contributed by atoms with E-state index in [1.807, 2.05) is 6.92 Å². The molecule has 1 atom stereocenters. The molecule has 1 saturated heterocycles. The summed E-state index contributed by atoms with van der Waals surface area (Å²) < 4.78 is 10.6. The minimum Gasteiger partial charge on any atom is -0.490 e. The van der Waals surface area contributed by atoms with Gasteiger partial charge in [0, 0.05) is 12.1 Å². The smallest absolute Gasteiger partial charge is 0.269 e. The Morgan fingerprint density at radius 2 is 2.13 bits per heavy atom. The molecule has 0 N–H and O–H groups in total. The molecule has 1 fully saturated rings. The molecule has 1 aromatic carbocycles. The van der Waals surface area contributed by atoms with Crippen LogP contribution in [0.15, 0.2) is 24.3 Å². The van der Waals surface area contributed by atoms with Crippen molar-refractivity contribution in [1.82, 2.24) is 0 Å². The zero-order valence-electron chi connectivity index (χ0n) is 8.30. The van der Waals surface area contributed by atoms with E-state index in [2.05, 4.69) is 0 Å². The quantitative estimate of drug-likeness (QED) is 0.430. The fourth-order valence-electron chi connectivity index (χ4n) is 1.11. The number of rotatable bonds is 4. The molecule has 0 amide bonds. The average molecular weight is 209 g/mol. The molecule has 5 heteroatoms. The van der Waals surface area contributed by atoms with Crippen molar-refractivity contribution in [3.05, 3.63) is 34.4 Å². The van der Waals surface area contributed by atoms with E-state index in [1.165, 1.54) is 12.1 Å². The highest BCUT2D eigenvalue weighted by atomic mass is 16.6. The monoisotopic (exact) mass is 209 g/mol. The fourth-order valence-corrected chi connectivity index (χ4v) is 1.11. The number of nitro groups is 1. The van der Waals surface area contributed by atoms with Gasteiger partial charge in [0.15, 0.2) is 0 Å². The van der Waals surface area contributed by atoms with Crippen molar-refractivity contribution in [3.63, 3.8) is 0 Å². The van der Waals surface area contributed by atoms with Crippen LogP contribution in [-0.2, 0) is 4.74 Å². The number of hydrogen-bond donors (Lipinski definition) is 0. The lowest BCUT2D eigenvalue weighted by atomic mass is 10.2. The summed E-state index contributed by atoms with van der Waals surface area (Å²) in [6, 6.07) is 6.02. The first-order chi connectivity index (χ1) is 7.09. The molecule has 0 aliphatic carbocycles. The van der Waals surface area contributed by atoms with Gasteiger partial charge < -0.3 is 9.47 Å². The molecule has 1 unspecified atom stereocenters. The number of non-ortho nitro benzene ring substituents is 1. The van der Waals surface area contributed by atoms with Crippen molar-refractivity contribution in [3.8, 4) is 5.75 Å². The van der Waals surface area contributed by atoms with Crippen molar-refractivity contribution in [1.29, 1.82) is 0 Å². The summed E-state index contributed by atoms with van der Waals surface area (Å²) in [5.74, 6) is 0.623. The van der Waals surface area contributed by atoms with Gasteiger partial charge in [0.2, 0.25) is 0 Å². The zero-order valence-corrected chi connectivity index (χ0v) is 8.30. The second kappa shape index (κ2) is 3.51.